The molecule has 2 atom stereocenters. The first kappa shape index (κ1) is 21.7. The van der Waals surface area contributed by atoms with E-state index < -0.39 is 29.5 Å². The van der Waals surface area contributed by atoms with E-state index in [1.165, 1.54) is 6.92 Å². The Balaban J connectivity index is 2.70. The van der Waals surface area contributed by atoms with Gasteiger partial charge in [-0.3, -0.25) is 9.59 Å². The molecule has 0 saturated heterocycles. The minimum Gasteiger partial charge on any atom is -0.445 e. The van der Waals surface area contributed by atoms with Crippen molar-refractivity contribution in [3.63, 3.8) is 0 Å². The van der Waals surface area contributed by atoms with E-state index in [1.807, 2.05) is 65.0 Å². The van der Waals surface area contributed by atoms with Gasteiger partial charge in [0.1, 0.15) is 12.6 Å². The van der Waals surface area contributed by atoms with Gasteiger partial charge in [-0.1, -0.05) is 65.0 Å². The molecule has 0 fully saturated rings. The summed E-state index contributed by atoms with van der Waals surface area (Å²) in [5.74, 6) is -0.682. The molecule has 6 heteroatoms. The number of carbonyl (C=O) groups is 3. The van der Waals surface area contributed by atoms with Gasteiger partial charge < -0.3 is 15.4 Å². The van der Waals surface area contributed by atoms with E-state index in [0.717, 1.165) is 5.56 Å². The number of hydrogen-bond acceptors (Lipinski definition) is 4. The normalized spacial score (nSPS) is 13.7. The second-order valence-corrected chi connectivity index (χ2v) is 7.85. The molecule has 144 valence electrons. The van der Waals surface area contributed by atoms with Crippen LogP contribution in [0.1, 0.15) is 47.1 Å². The quantitative estimate of drug-likeness (QED) is 0.781. The van der Waals surface area contributed by atoms with E-state index in [4.69, 9.17) is 4.74 Å². The zero-order valence-electron chi connectivity index (χ0n) is 16.5. The zero-order chi connectivity index (χ0) is 19.9. The second-order valence-electron chi connectivity index (χ2n) is 7.85. The van der Waals surface area contributed by atoms with Crippen molar-refractivity contribution in [2.24, 2.45) is 11.3 Å². The number of nitrogens with one attached hydrogen (secondary N) is 2. The van der Waals surface area contributed by atoms with Gasteiger partial charge in [0.2, 0.25) is 5.91 Å². The monoisotopic (exact) mass is 362 g/mol. The van der Waals surface area contributed by atoms with Gasteiger partial charge in [-0.15, -0.1) is 0 Å². The van der Waals surface area contributed by atoms with Gasteiger partial charge in [-0.2, -0.15) is 0 Å². The van der Waals surface area contributed by atoms with E-state index in [-0.39, 0.29) is 18.3 Å². The van der Waals surface area contributed by atoms with E-state index in [0.29, 0.717) is 0 Å². The van der Waals surface area contributed by atoms with Gasteiger partial charge in [-0.25, -0.2) is 4.79 Å². The summed E-state index contributed by atoms with van der Waals surface area (Å²) in [4.78, 5) is 36.6. The highest BCUT2D eigenvalue weighted by molar-refractivity contribution is 5.91. The van der Waals surface area contributed by atoms with Crippen LogP contribution in [-0.2, 0) is 20.9 Å². The van der Waals surface area contributed by atoms with Crippen LogP contribution in [0, 0.1) is 11.3 Å². The predicted molar refractivity (Wildman–Crippen MR) is 100 cm³/mol. The van der Waals surface area contributed by atoms with Gasteiger partial charge in [0.25, 0.3) is 0 Å². The van der Waals surface area contributed by atoms with Crippen LogP contribution in [0.25, 0.3) is 0 Å². The molecule has 1 aromatic rings. The Bertz CT molecular complexity index is 620. The maximum Gasteiger partial charge on any atom is 0.408 e. The Hall–Kier alpha value is -2.37. The maximum atomic E-state index is 12.6. The molecule has 2 N–H and O–H groups in total. The van der Waals surface area contributed by atoms with Crippen molar-refractivity contribution < 1.29 is 19.1 Å². The molecule has 0 unspecified atom stereocenters. The lowest BCUT2D eigenvalue weighted by atomic mass is 9.84. The fourth-order valence-electron chi connectivity index (χ4n) is 2.59. The number of ether oxygens (including phenoxy) is 1. The summed E-state index contributed by atoms with van der Waals surface area (Å²) in [7, 11) is 0. The van der Waals surface area contributed by atoms with Gasteiger partial charge in [-0.05, 0) is 23.8 Å². The number of ketones is 1. The first-order valence-electron chi connectivity index (χ1n) is 8.80. The van der Waals surface area contributed by atoms with E-state index in [1.54, 1.807) is 0 Å². The molecule has 1 aromatic carbocycles. The Morgan fingerprint density at radius 1 is 1.04 bits per heavy atom. The number of carbonyl (C=O) groups excluding carboxylic acids is 3. The van der Waals surface area contributed by atoms with Crippen LogP contribution in [0.5, 0.6) is 0 Å². The summed E-state index contributed by atoms with van der Waals surface area (Å²) in [6.45, 7) is 10.9. The number of benzene rings is 1. The predicted octanol–water partition coefficient (Wildman–Crippen LogP) is 3.06. The van der Waals surface area contributed by atoms with Crippen molar-refractivity contribution in [3.8, 4) is 0 Å². The van der Waals surface area contributed by atoms with Gasteiger partial charge in [0.15, 0.2) is 5.78 Å². The fraction of sp³-hybridized carbons (Fsp3) is 0.550. The number of Topliss-reactive ketones (excluding diaryl/α,β-unsaturated/α-hetero) is 1. The van der Waals surface area contributed by atoms with Crippen molar-refractivity contribution >= 4 is 17.8 Å². The molecule has 0 aliphatic heterocycles. The highest BCUT2D eigenvalue weighted by Crippen LogP contribution is 2.20. The van der Waals surface area contributed by atoms with Crippen molar-refractivity contribution in [3.05, 3.63) is 35.9 Å². The summed E-state index contributed by atoms with van der Waals surface area (Å²) < 4.78 is 5.18. The van der Waals surface area contributed by atoms with Crippen LogP contribution in [0.3, 0.4) is 0 Å². The molecule has 26 heavy (non-hydrogen) atoms. The Morgan fingerprint density at radius 2 is 1.62 bits per heavy atom. The summed E-state index contributed by atoms with van der Waals surface area (Å²) in [6.07, 6.45) is -0.669. The number of alkyl carbamates (subject to hydrolysis) is 1. The molecule has 0 radical (unpaired) electrons. The summed E-state index contributed by atoms with van der Waals surface area (Å²) in [5, 5.41) is 5.36. The molecule has 0 saturated carbocycles. The van der Waals surface area contributed by atoms with Crippen LogP contribution < -0.4 is 10.6 Å². The van der Waals surface area contributed by atoms with Gasteiger partial charge in [0, 0.05) is 0 Å². The molecular formula is C20H30N2O4. The Morgan fingerprint density at radius 3 is 2.08 bits per heavy atom. The molecule has 0 aliphatic rings. The van der Waals surface area contributed by atoms with Crippen molar-refractivity contribution in [2.45, 2.75) is 60.2 Å². The zero-order valence-corrected chi connectivity index (χ0v) is 16.5. The summed E-state index contributed by atoms with van der Waals surface area (Å²) >= 11 is 0. The van der Waals surface area contributed by atoms with Crippen LogP contribution in [-0.4, -0.2) is 29.9 Å². The molecule has 0 aliphatic carbocycles. The third-order valence-corrected chi connectivity index (χ3v) is 3.99. The van der Waals surface area contributed by atoms with Crippen LogP contribution in [0.2, 0.25) is 0 Å². The second kappa shape index (κ2) is 9.36. The maximum absolute atomic E-state index is 12.6. The third-order valence-electron chi connectivity index (χ3n) is 3.99. The average molecular weight is 362 g/mol. The molecule has 0 heterocycles. The lowest BCUT2D eigenvalue weighted by molar-refractivity contribution is -0.131. The molecule has 2 amide bonds. The number of rotatable bonds is 7. The molecule has 0 spiro atoms. The van der Waals surface area contributed by atoms with Crippen LogP contribution in [0.4, 0.5) is 4.79 Å². The van der Waals surface area contributed by atoms with Crippen LogP contribution in [0.15, 0.2) is 30.3 Å². The molecule has 1 rings (SSSR count). The molecule has 0 aromatic heterocycles. The average Bonchev–Trinajstić information content (AvgIpc) is 2.54. The number of hydrogen-bond donors (Lipinski definition) is 2. The highest BCUT2D eigenvalue weighted by atomic mass is 16.5. The lowest BCUT2D eigenvalue weighted by Gasteiger charge is -2.31. The number of amides is 2. The third kappa shape index (κ3) is 6.86. The van der Waals surface area contributed by atoms with Crippen LogP contribution >= 0.6 is 0 Å². The van der Waals surface area contributed by atoms with E-state index >= 15 is 0 Å². The summed E-state index contributed by atoms with van der Waals surface area (Å²) in [5.41, 5.74) is 0.439. The SMILES string of the molecule is CC(=O)[C@H](NC(=O)[C@@H](NC(=O)OCc1ccccc1)C(C)C)C(C)(C)C. The minimum absolute atomic E-state index is 0.122. The molecule has 6 nitrogen and oxygen atoms in total. The van der Waals surface area contributed by atoms with Crippen molar-refractivity contribution in [1.82, 2.24) is 10.6 Å². The Labute approximate surface area is 155 Å². The standard InChI is InChI=1S/C20H30N2O4/c1-13(2)16(18(24)22-17(14(3)23)20(4,5)6)21-19(25)26-12-15-10-8-7-9-11-15/h7-11,13,16-17H,12H2,1-6H3,(H,21,25)(H,22,24)/t16-,17-/m0/s1. The lowest BCUT2D eigenvalue weighted by Crippen LogP contribution is -2.56. The summed E-state index contributed by atoms with van der Waals surface area (Å²) in [6, 6.07) is 7.87. The van der Waals surface area contributed by atoms with E-state index in [9.17, 15) is 14.4 Å². The first-order valence-corrected chi connectivity index (χ1v) is 8.80. The molecule has 0 bridgehead atoms. The minimum atomic E-state index is -0.789. The highest BCUT2D eigenvalue weighted by Gasteiger charge is 2.33. The fourth-order valence-corrected chi connectivity index (χ4v) is 2.59. The van der Waals surface area contributed by atoms with Gasteiger partial charge >= 0.3 is 6.09 Å². The van der Waals surface area contributed by atoms with Crippen molar-refractivity contribution in [1.29, 1.82) is 0 Å². The smallest absolute Gasteiger partial charge is 0.408 e. The topological polar surface area (TPSA) is 84.5 Å². The Kier molecular flexibility index (Phi) is 7.80. The van der Waals surface area contributed by atoms with E-state index in [2.05, 4.69) is 10.6 Å². The first-order chi connectivity index (χ1) is 12.0. The molecular weight excluding hydrogens is 332 g/mol. The largest absolute Gasteiger partial charge is 0.445 e. The van der Waals surface area contributed by atoms with Gasteiger partial charge in [0.05, 0.1) is 6.04 Å². The van der Waals surface area contributed by atoms with Crippen molar-refractivity contribution in [2.75, 3.05) is 0 Å².